The highest BCUT2D eigenvalue weighted by atomic mass is 19.1. The van der Waals surface area contributed by atoms with E-state index in [1.165, 1.54) is 6.08 Å². The molecule has 0 N–H and O–H groups in total. The maximum atomic E-state index is 12.2. The van der Waals surface area contributed by atoms with Gasteiger partial charge in [0.05, 0.1) is 6.20 Å². The Morgan fingerprint density at radius 1 is 1.78 bits per heavy atom. The van der Waals surface area contributed by atoms with Crippen LogP contribution in [-0.2, 0) is 0 Å². The third-order valence-corrected chi connectivity index (χ3v) is 0.727. The zero-order chi connectivity index (χ0) is 7.11. The van der Waals surface area contributed by atoms with Crippen molar-refractivity contribution in [2.45, 2.75) is 13.3 Å². The minimum absolute atomic E-state index is 0.355. The molecule has 0 spiro atoms. The first-order chi connectivity index (χ1) is 4.31. The van der Waals surface area contributed by atoms with Crippen LogP contribution in [-0.4, -0.2) is 6.72 Å². The largest absolute Gasteiger partial charge is 0.269 e. The molecule has 0 saturated carbocycles. The van der Waals surface area contributed by atoms with Crippen LogP contribution in [0.4, 0.5) is 4.39 Å². The quantitative estimate of drug-likeness (QED) is 0.408. The van der Waals surface area contributed by atoms with E-state index in [1.54, 1.807) is 6.08 Å². The number of allylic oxidation sites excluding steroid dienone is 3. The predicted molar refractivity (Wildman–Crippen MR) is 38.2 cm³/mol. The van der Waals surface area contributed by atoms with Crippen molar-refractivity contribution in [2.75, 3.05) is 0 Å². The molecule has 0 rings (SSSR count). The Kier molecular flexibility index (Phi) is 4.69. The van der Waals surface area contributed by atoms with Crippen molar-refractivity contribution in [1.82, 2.24) is 0 Å². The van der Waals surface area contributed by atoms with E-state index in [2.05, 4.69) is 11.7 Å². The van der Waals surface area contributed by atoms with Gasteiger partial charge in [0.25, 0.3) is 0 Å². The highest BCUT2D eigenvalue weighted by molar-refractivity contribution is 5.27. The summed E-state index contributed by atoms with van der Waals surface area (Å²) in [6, 6.07) is 0. The molecule has 0 heterocycles. The number of aliphatic imine (C=N–C) groups is 1. The normalized spacial score (nSPS) is 12.4. The van der Waals surface area contributed by atoms with Gasteiger partial charge in [0, 0.05) is 0 Å². The standard InChI is InChI=1S/C7H10FN/c1-3-4-5-7(8)6-9-2/h4-6H,2-3H2,1H3/b5-4+,7-6+. The Morgan fingerprint density at radius 2 is 2.44 bits per heavy atom. The topological polar surface area (TPSA) is 12.4 Å². The summed E-state index contributed by atoms with van der Waals surface area (Å²) in [6.07, 6.45) is 5.00. The van der Waals surface area contributed by atoms with Crippen LogP contribution in [0.15, 0.2) is 29.2 Å². The monoisotopic (exact) mass is 127 g/mol. The Labute approximate surface area is 54.6 Å². The van der Waals surface area contributed by atoms with E-state index < -0.39 is 0 Å². The molecule has 0 saturated heterocycles. The van der Waals surface area contributed by atoms with Gasteiger partial charge in [-0.1, -0.05) is 13.0 Å². The van der Waals surface area contributed by atoms with Gasteiger partial charge in [0.2, 0.25) is 0 Å². The molecule has 0 aliphatic carbocycles. The maximum absolute atomic E-state index is 12.2. The molecule has 0 bridgehead atoms. The summed E-state index contributed by atoms with van der Waals surface area (Å²) in [6.45, 7) is 5.04. The lowest BCUT2D eigenvalue weighted by Gasteiger charge is -1.80. The highest BCUT2D eigenvalue weighted by Gasteiger charge is 1.80. The number of hydrogen-bond acceptors (Lipinski definition) is 1. The Morgan fingerprint density at radius 3 is 2.89 bits per heavy atom. The minimum atomic E-state index is -0.355. The molecule has 0 aliphatic rings. The summed E-state index contributed by atoms with van der Waals surface area (Å²) in [7, 11) is 0. The molecule has 1 nitrogen and oxygen atoms in total. The fourth-order valence-electron chi connectivity index (χ4n) is 0.361. The van der Waals surface area contributed by atoms with Crippen LogP contribution in [0.2, 0.25) is 0 Å². The van der Waals surface area contributed by atoms with Crippen LogP contribution in [0.1, 0.15) is 13.3 Å². The highest BCUT2D eigenvalue weighted by Crippen LogP contribution is 1.98. The molecule has 0 radical (unpaired) electrons. The van der Waals surface area contributed by atoms with Crippen LogP contribution in [0, 0.1) is 0 Å². The van der Waals surface area contributed by atoms with E-state index in [0.29, 0.717) is 0 Å². The second kappa shape index (κ2) is 5.22. The number of halogens is 1. The fourth-order valence-corrected chi connectivity index (χ4v) is 0.361. The summed E-state index contributed by atoms with van der Waals surface area (Å²) in [5.41, 5.74) is 0. The lowest BCUT2D eigenvalue weighted by atomic mass is 10.4. The van der Waals surface area contributed by atoms with Gasteiger partial charge in [0.15, 0.2) is 0 Å². The van der Waals surface area contributed by atoms with E-state index in [0.717, 1.165) is 12.6 Å². The molecule has 0 aromatic rings. The second-order valence-corrected chi connectivity index (χ2v) is 1.51. The van der Waals surface area contributed by atoms with E-state index >= 15 is 0 Å². The van der Waals surface area contributed by atoms with Crippen molar-refractivity contribution in [3.63, 3.8) is 0 Å². The molecule has 0 unspecified atom stereocenters. The molecular weight excluding hydrogens is 117 g/mol. The van der Waals surface area contributed by atoms with Gasteiger partial charge in [-0.2, -0.15) is 0 Å². The van der Waals surface area contributed by atoms with Gasteiger partial charge in [-0.05, 0) is 19.2 Å². The molecule has 0 aromatic carbocycles. The average molecular weight is 127 g/mol. The smallest absolute Gasteiger partial charge is 0.141 e. The lowest BCUT2D eigenvalue weighted by molar-refractivity contribution is 0.663. The van der Waals surface area contributed by atoms with E-state index in [9.17, 15) is 4.39 Å². The Hall–Kier alpha value is -0.920. The summed E-state index contributed by atoms with van der Waals surface area (Å²) >= 11 is 0. The Balaban J connectivity index is 3.74. The minimum Gasteiger partial charge on any atom is -0.269 e. The average Bonchev–Trinajstić information content (AvgIpc) is 1.85. The van der Waals surface area contributed by atoms with Crippen LogP contribution >= 0.6 is 0 Å². The van der Waals surface area contributed by atoms with Gasteiger partial charge >= 0.3 is 0 Å². The summed E-state index contributed by atoms with van der Waals surface area (Å²) in [5.74, 6) is -0.355. The van der Waals surface area contributed by atoms with Crippen molar-refractivity contribution in [2.24, 2.45) is 4.99 Å². The van der Waals surface area contributed by atoms with Gasteiger partial charge in [-0.15, -0.1) is 0 Å². The van der Waals surface area contributed by atoms with Crippen LogP contribution < -0.4 is 0 Å². The fraction of sp³-hybridized carbons (Fsp3) is 0.286. The second-order valence-electron chi connectivity index (χ2n) is 1.51. The van der Waals surface area contributed by atoms with E-state index in [4.69, 9.17) is 0 Å². The molecule has 0 aliphatic heterocycles. The number of hydrogen-bond donors (Lipinski definition) is 0. The van der Waals surface area contributed by atoms with Crippen LogP contribution in [0.3, 0.4) is 0 Å². The molecule has 50 valence electrons. The number of rotatable bonds is 3. The molecule has 9 heavy (non-hydrogen) atoms. The zero-order valence-corrected chi connectivity index (χ0v) is 5.47. The molecule has 0 amide bonds. The summed E-state index contributed by atoms with van der Waals surface area (Å²) < 4.78 is 12.2. The lowest BCUT2D eigenvalue weighted by Crippen LogP contribution is -1.61. The predicted octanol–water partition coefficient (Wildman–Crippen LogP) is 2.46. The zero-order valence-electron chi connectivity index (χ0n) is 5.47. The molecule has 0 atom stereocenters. The van der Waals surface area contributed by atoms with Crippen molar-refractivity contribution in [3.05, 3.63) is 24.2 Å². The first-order valence-corrected chi connectivity index (χ1v) is 2.79. The molecule has 0 fully saturated rings. The van der Waals surface area contributed by atoms with E-state index in [-0.39, 0.29) is 5.83 Å². The molecule has 0 aromatic heterocycles. The molecular formula is C7H10FN. The van der Waals surface area contributed by atoms with Crippen molar-refractivity contribution < 1.29 is 4.39 Å². The van der Waals surface area contributed by atoms with Gasteiger partial charge in [-0.3, -0.25) is 4.99 Å². The van der Waals surface area contributed by atoms with Gasteiger partial charge in [0.1, 0.15) is 5.83 Å². The maximum Gasteiger partial charge on any atom is 0.141 e. The van der Waals surface area contributed by atoms with Crippen LogP contribution in [0.25, 0.3) is 0 Å². The Bertz CT molecular complexity index is 136. The first-order valence-electron chi connectivity index (χ1n) is 2.79. The third-order valence-electron chi connectivity index (χ3n) is 0.727. The van der Waals surface area contributed by atoms with Gasteiger partial charge < -0.3 is 0 Å². The molecule has 2 heteroatoms. The summed E-state index contributed by atoms with van der Waals surface area (Å²) in [5, 5.41) is 0. The van der Waals surface area contributed by atoms with Crippen molar-refractivity contribution >= 4 is 6.72 Å². The van der Waals surface area contributed by atoms with E-state index in [1.807, 2.05) is 6.92 Å². The summed E-state index contributed by atoms with van der Waals surface area (Å²) in [4.78, 5) is 3.25. The SMILES string of the molecule is C=N/C=C(F)\C=C\CC. The third kappa shape index (κ3) is 4.94. The van der Waals surface area contributed by atoms with Crippen LogP contribution in [0.5, 0.6) is 0 Å². The van der Waals surface area contributed by atoms with Gasteiger partial charge in [-0.25, -0.2) is 4.39 Å². The number of nitrogens with zero attached hydrogens (tertiary/aromatic N) is 1. The van der Waals surface area contributed by atoms with Crippen molar-refractivity contribution in [1.29, 1.82) is 0 Å². The first kappa shape index (κ1) is 8.08. The van der Waals surface area contributed by atoms with Crippen molar-refractivity contribution in [3.8, 4) is 0 Å².